The molecule has 0 unspecified atom stereocenters. The third-order valence-corrected chi connectivity index (χ3v) is 6.51. The lowest BCUT2D eigenvalue weighted by molar-refractivity contribution is -0.136. The highest BCUT2D eigenvalue weighted by molar-refractivity contribution is 6.02. The Morgan fingerprint density at radius 1 is 1.05 bits per heavy atom. The van der Waals surface area contributed by atoms with Gasteiger partial charge >= 0.3 is 6.03 Å². The maximum Gasteiger partial charge on any atom is 0.323 e. The number of likely N-dealkylation sites (N-methyl/N-ethyl adjacent to an activating group) is 2. The van der Waals surface area contributed by atoms with Crippen LogP contribution in [0, 0.1) is 5.92 Å². The molecule has 0 aromatic heterocycles. The Bertz CT molecular complexity index is 1110. The van der Waals surface area contributed by atoms with Crippen LogP contribution in [0.15, 0.2) is 48.5 Å². The summed E-state index contributed by atoms with van der Waals surface area (Å²) in [7, 11) is 7.04. The minimum atomic E-state index is -0.428. The molecule has 1 aliphatic heterocycles. The Kier molecular flexibility index (Phi) is 10.1. The molecule has 10 heteroatoms. The molecule has 0 spiro atoms. The van der Waals surface area contributed by atoms with Crippen molar-refractivity contribution >= 4 is 29.2 Å². The van der Waals surface area contributed by atoms with Gasteiger partial charge in [0.1, 0.15) is 12.4 Å². The highest BCUT2D eigenvalue weighted by Gasteiger charge is 2.30. The number of para-hydroxylation sites is 1. The number of hydrogen-bond acceptors (Lipinski definition) is 6. The molecule has 0 bridgehead atoms. The maximum atomic E-state index is 13.5. The number of carbonyl (C=O) groups is 3. The predicted molar refractivity (Wildman–Crippen MR) is 148 cm³/mol. The molecule has 38 heavy (non-hydrogen) atoms. The van der Waals surface area contributed by atoms with Gasteiger partial charge in [0, 0.05) is 44.5 Å². The molecule has 0 saturated carbocycles. The molecule has 0 fully saturated rings. The standard InChI is InChI=1S/C28H39N5O5/c1-19-15-33(26(34)17-31(3)4)20(2)18-38-24-13-12-22(30-28(36)29-21-10-8-7-9-11-21)14-23(24)27(35)32(5)16-25(19)37-6/h7-14,19-20,25H,15-18H2,1-6H3,(H2,29,30,36)/t19-,20-,25-/m0/s1. The molecule has 0 aliphatic carbocycles. The van der Waals surface area contributed by atoms with Gasteiger partial charge in [-0.1, -0.05) is 25.1 Å². The van der Waals surface area contributed by atoms with Crippen LogP contribution in [0.5, 0.6) is 5.75 Å². The SMILES string of the molecule is CO[C@H]1CN(C)C(=O)c2cc(NC(=O)Nc3ccccc3)ccc2OC[C@H](C)N(C(=O)CN(C)C)C[C@@H]1C. The fourth-order valence-corrected chi connectivity index (χ4v) is 4.38. The van der Waals surface area contributed by atoms with E-state index in [0.29, 0.717) is 35.8 Å². The average Bonchev–Trinajstić information content (AvgIpc) is 2.88. The summed E-state index contributed by atoms with van der Waals surface area (Å²) in [5.41, 5.74) is 1.41. The van der Waals surface area contributed by atoms with E-state index in [1.54, 1.807) is 49.4 Å². The lowest BCUT2D eigenvalue weighted by Gasteiger charge is -2.36. The molecule has 3 atom stereocenters. The van der Waals surface area contributed by atoms with Gasteiger partial charge in [-0.25, -0.2) is 4.79 Å². The van der Waals surface area contributed by atoms with Crippen LogP contribution in [0.1, 0.15) is 24.2 Å². The Labute approximate surface area is 224 Å². The molecule has 4 amide bonds. The lowest BCUT2D eigenvalue weighted by atomic mass is 10.0. The van der Waals surface area contributed by atoms with E-state index in [-0.39, 0.29) is 43.0 Å². The number of benzene rings is 2. The van der Waals surface area contributed by atoms with Gasteiger partial charge in [0.05, 0.1) is 24.3 Å². The number of fused-ring (bicyclic) bond motifs is 1. The first-order valence-corrected chi connectivity index (χ1v) is 12.7. The highest BCUT2D eigenvalue weighted by atomic mass is 16.5. The van der Waals surface area contributed by atoms with Crippen molar-refractivity contribution in [2.24, 2.45) is 5.92 Å². The van der Waals surface area contributed by atoms with Crippen molar-refractivity contribution < 1.29 is 23.9 Å². The number of rotatable bonds is 5. The van der Waals surface area contributed by atoms with Crippen molar-refractivity contribution in [2.75, 3.05) is 65.1 Å². The summed E-state index contributed by atoms with van der Waals surface area (Å²) in [6.45, 7) is 5.24. The summed E-state index contributed by atoms with van der Waals surface area (Å²) in [5.74, 6) is 0.0938. The van der Waals surface area contributed by atoms with Crippen molar-refractivity contribution in [1.29, 1.82) is 0 Å². The molecule has 1 heterocycles. The second kappa shape index (κ2) is 13.3. The summed E-state index contributed by atoms with van der Waals surface area (Å²) < 4.78 is 11.9. The monoisotopic (exact) mass is 525 g/mol. The van der Waals surface area contributed by atoms with Gasteiger partial charge in [-0.15, -0.1) is 0 Å². The molecule has 206 valence electrons. The zero-order valence-corrected chi connectivity index (χ0v) is 23.1. The molecular weight excluding hydrogens is 486 g/mol. The second-order valence-electron chi connectivity index (χ2n) is 10.0. The van der Waals surface area contributed by atoms with Crippen molar-refractivity contribution in [3.8, 4) is 5.75 Å². The molecule has 3 rings (SSSR count). The third-order valence-electron chi connectivity index (χ3n) is 6.51. The fourth-order valence-electron chi connectivity index (χ4n) is 4.38. The van der Waals surface area contributed by atoms with Crippen LogP contribution in [0.4, 0.5) is 16.2 Å². The van der Waals surface area contributed by atoms with Crippen LogP contribution in [0.25, 0.3) is 0 Å². The van der Waals surface area contributed by atoms with Crippen LogP contribution in [0.3, 0.4) is 0 Å². The van der Waals surface area contributed by atoms with Crippen molar-refractivity contribution in [3.05, 3.63) is 54.1 Å². The Balaban J connectivity index is 1.89. The van der Waals surface area contributed by atoms with Gasteiger partial charge in [0.25, 0.3) is 5.91 Å². The van der Waals surface area contributed by atoms with Gasteiger partial charge in [-0.2, -0.15) is 0 Å². The minimum Gasteiger partial charge on any atom is -0.491 e. The molecular formula is C28H39N5O5. The van der Waals surface area contributed by atoms with Crippen LogP contribution in [-0.2, 0) is 9.53 Å². The number of amides is 4. The number of anilines is 2. The highest BCUT2D eigenvalue weighted by Crippen LogP contribution is 2.26. The normalized spacial score (nSPS) is 20.6. The number of nitrogens with zero attached hydrogens (tertiary/aromatic N) is 3. The van der Waals surface area contributed by atoms with Crippen molar-refractivity contribution in [1.82, 2.24) is 14.7 Å². The summed E-state index contributed by atoms with van der Waals surface area (Å²) in [6.07, 6.45) is -0.285. The quantitative estimate of drug-likeness (QED) is 0.621. The molecule has 0 saturated heterocycles. The third kappa shape index (κ3) is 7.69. The smallest absolute Gasteiger partial charge is 0.323 e. The van der Waals surface area contributed by atoms with Gasteiger partial charge in [0.15, 0.2) is 0 Å². The van der Waals surface area contributed by atoms with E-state index in [9.17, 15) is 14.4 Å². The summed E-state index contributed by atoms with van der Waals surface area (Å²) >= 11 is 0. The zero-order valence-electron chi connectivity index (χ0n) is 23.1. The van der Waals surface area contributed by atoms with E-state index < -0.39 is 6.03 Å². The number of methoxy groups -OCH3 is 1. The average molecular weight is 526 g/mol. The molecule has 2 N–H and O–H groups in total. The Hall–Kier alpha value is -3.63. The molecule has 10 nitrogen and oxygen atoms in total. The van der Waals surface area contributed by atoms with E-state index >= 15 is 0 Å². The van der Waals surface area contributed by atoms with E-state index in [4.69, 9.17) is 9.47 Å². The first kappa shape index (κ1) is 28.9. The first-order chi connectivity index (χ1) is 18.1. The maximum absolute atomic E-state index is 13.5. The number of hydrogen-bond donors (Lipinski definition) is 2. The summed E-state index contributed by atoms with van der Waals surface area (Å²) in [5, 5.41) is 5.54. The van der Waals surface area contributed by atoms with Gasteiger partial charge in [-0.3, -0.25) is 9.59 Å². The first-order valence-electron chi connectivity index (χ1n) is 12.7. The van der Waals surface area contributed by atoms with E-state index in [2.05, 4.69) is 10.6 Å². The molecule has 1 aliphatic rings. The predicted octanol–water partition coefficient (Wildman–Crippen LogP) is 3.22. The number of urea groups is 1. The topological polar surface area (TPSA) is 103 Å². The van der Waals surface area contributed by atoms with E-state index in [1.807, 2.05) is 55.9 Å². The minimum absolute atomic E-state index is 0.00140. The number of nitrogens with one attached hydrogen (secondary N) is 2. The van der Waals surface area contributed by atoms with Crippen LogP contribution < -0.4 is 15.4 Å². The molecule has 0 radical (unpaired) electrons. The van der Waals surface area contributed by atoms with Crippen LogP contribution in [-0.4, -0.2) is 99.2 Å². The number of ether oxygens (including phenoxy) is 2. The lowest BCUT2D eigenvalue weighted by Crippen LogP contribution is -2.50. The second-order valence-corrected chi connectivity index (χ2v) is 10.0. The molecule has 2 aromatic rings. The van der Waals surface area contributed by atoms with E-state index in [0.717, 1.165) is 0 Å². The number of carbonyl (C=O) groups excluding carboxylic acids is 3. The van der Waals surface area contributed by atoms with Gasteiger partial charge in [-0.05, 0) is 51.4 Å². The van der Waals surface area contributed by atoms with Gasteiger partial charge in [0.2, 0.25) is 5.91 Å². The van der Waals surface area contributed by atoms with Crippen LogP contribution in [0.2, 0.25) is 0 Å². The summed E-state index contributed by atoms with van der Waals surface area (Å²) in [6, 6.07) is 13.4. The largest absolute Gasteiger partial charge is 0.491 e. The van der Waals surface area contributed by atoms with Crippen molar-refractivity contribution in [2.45, 2.75) is 26.0 Å². The Morgan fingerprint density at radius 3 is 2.39 bits per heavy atom. The Morgan fingerprint density at radius 2 is 1.74 bits per heavy atom. The fraction of sp³-hybridized carbons (Fsp3) is 0.464. The summed E-state index contributed by atoms with van der Waals surface area (Å²) in [4.78, 5) is 44.4. The van der Waals surface area contributed by atoms with E-state index in [1.165, 1.54) is 0 Å². The zero-order chi connectivity index (χ0) is 27.8. The van der Waals surface area contributed by atoms with Crippen molar-refractivity contribution in [3.63, 3.8) is 0 Å². The van der Waals surface area contributed by atoms with Gasteiger partial charge < -0.3 is 34.8 Å². The van der Waals surface area contributed by atoms with Crippen LogP contribution >= 0.6 is 0 Å². The molecule has 2 aromatic carbocycles.